The van der Waals surface area contributed by atoms with Gasteiger partial charge in [-0.2, -0.15) is 5.10 Å². The number of rotatable bonds is 6. The number of nitrogens with one attached hydrogen (secondary N) is 1. The highest BCUT2D eigenvalue weighted by Gasteiger charge is 2.24. The van der Waals surface area contributed by atoms with Crippen molar-refractivity contribution in [2.24, 2.45) is 0 Å². The summed E-state index contributed by atoms with van der Waals surface area (Å²) in [6.45, 7) is 2.13. The summed E-state index contributed by atoms with van der Waals surface area (Å²) in [6.07, 6.45) is 1.48. The molecule has 0 aliphatic carbocycles. The zero-order valence-corrected chi connectivity index (χ0v) is 19.4. The molecule has 0 spiro atoms. The summed E-state index contributed by atoms with van der Waals surface area (Å²) < 4.78 is 16.6. The van der Waals surface area contributed by atoms with Crippen LogP contribution in [-0.4, -0.2) is 30.5 Å². The van der Waals surface area contributed by atoms with Gasteiger partial charge in [0, 0.05) is 10.6 Å². The Bertz CT molecular complexity index is 1500. The molecule has 0 bridgehead atoms. The fraction of sp³-hybridized carbons (Fsp3) is 0.0769. The lowest BCUT2D eigenvalue weighted by atomic mass is 10.1. The molecule has 0 fully saturated rings. The molecule has 0 radical (unpaired) electrons. The predicted octanol–water partition coefficient (Wildman–Crippen LogP) is 5.53. The van der Waals surface area contributed by atoms with E-state index in [4.69, 9.17) is 16.7 Å². The average molecular weight is 487 g/mol. The molecule has 5 rings (SSSR count). The summed E-state index contributed by atoms with van der Waals surface area (Å²) in [7, 11) is 0. The molecule has 0 aliphatic heterocycles. The quantitative estimate of drug-likeness (QED) is 0.342. The number of nitrogens with zero attached hydrogens (tertiary/aromatic N) is 5. The predicted molar refractivity (Wildman–Crippen MR) is 132 cm³/mol. The van der Waals surface area contributed by atoms with Crippen LogP contribution in [0.25, 0.3) is 16.9 Å². The van der Waals surface area contributed by atoms with Gasteiger partial charge in [0.1, 0.15) is 17.8 Å². The Kier molecular flexibility index (Phi) is 6.12. The van der Waals surface area contributed by atoms with Crippen molar-refractivity contribution >= 4 is 23.5 Å². The van der Waals surface area contributed by atoms with Crippen molar-refractivity contribution in [3.63, 3.8) is 0 Å². The molecular weight excluding hydrogens is 467 g/mol. The molecule has 1 N–H and O–H groups in total. The number of carbonyl (C=O) groups excluding carboxylic acids is 1. The largest absolute Gasteiger partial charge is 0.289 e. The van der Waals surface area contributed by atoms with Crippen molar-refractivity contribution < 1.29 is 9.18 Å². The molecule has 0 aliphatic rings. The van der Waals surface area contributed by atoms with Crippen LogP contribution >= 0.6 is 11.6 Å². The van der Waals surface area contributed by atoms with Crippen LogP contribution in [0.2, 0.25) is 5.02 Å². The average Bonchev–Trinajstić information content (AvgIpc) is 3.45. The molecule has 174 valence electrons. The van der Waals surface area contributed by atoms with Gasteiger partial charge in [-0.3, -0.25) is 10.1 Å². The number of benzene rings is 3. The second-order valence-corrected chi connectivity index (χ2v) is 8.29. The molecular formula is C26H20ClFN6O. The molecule has 5 aromatic rings. The van der Waals surface area contributed by atoms with E-state index in [1.807, 2.05) is 67.6 Å². The Morgan fingerprint density at radius 2 is 1.71 bits per heavy atom. The van der Waals surface area contributed by atoms with E-state index in [9.17, 15) is 9.18 Å². The maximum atomic E-state index is 13.4. The summed E-state index contributed by atoms with van der Waals surface area (Å²) in [4.78, 5) is 17.6. The standard InChI is InChI=1S/C26H20ClFN6O/c1-17-23(24(18-8-4-2-5-9-18)31-34(17)21-10-6-3-7-11-21)25(35)30-26-29-16-33(32-26)15-19-12-13-20(28)14-22(19)27/h2-14,16H,15H2,1H3,(H,30,32,35). The minimum absolute atomic E-state index is 0.138. The Morgan fingerprint density at radius 3 is 2.43 bits per heavy atom. The number of para-hydroxylation sites is 1. The molecule has 9 heteroatoms. The Hall–Kier alpha value is -4.30. The van der Waals surface area contributed by atoms with Crippen LogP contribution in [0.1, 0.15) is 21.6 Å². The number of anilines is 1. The second kappa shape index (κ2) is 9.52. The van der Waals surface area contributed by atoms with Gasteiger partial charge in [0.05, 0.1) is 23.5 Å². The molecule has 2 heterocycles. The summed E-state index contributed by atoms with van der Waals surface area (Å²) >= 11 is 6.12. The van der Waals surface area contributed by atoms with Crippen LogP contribution in [0.4, 0.5) is 10.3 Å². The zero-order chi connectivity index (χ0) is 24.4. The maximum Gasteiger partial charge on any atom is 0.262 e. The molecule has 1 amide bonds. The summed E-state index contributed by atoms with van der Waals surface area (Å²) in [5, 5.41) is 12.2. The SMILES string of the molecule is Cc1c(C(=O)Nc2ncn(Cc3ccc(F)cc3Cl)n2)c(-c2ccccc2)nn1-c1ccccc1. The van der Waals surface area contributed by atoms with Crippen molar-refractivity contribution in [1.29, 1.82) is 0 Å². The van der Waals surface area contributed by atoms with E-state index in [0.29, 0.717) is 27.5 Å². The lowest BCUT2D eigenvalue weighted by molar-refractivity contribution is 0.102. The molecule has 35 heavy (non-hydrogen) atoms. The number of aromatic nitrogens is 5. The first-order valence-corrected chi connectivity index (χ1v) is 11.2. The minimum Gasteiger partial charge on any atom is -0.289 e. The topological polar surface area (TPSA) is 77.6 Å². The van der Waals surface area contributed by atoms with Gasteiger partial charge < -0.3 is 0 Å². The molecule has 0 atom stereocenters. The van der Waals surface area contributed by atoms with Gasteiger partial charge in [0.25, 0.3) is 5.91 Å². The van der Waals surface area contributed by atoms with Crippen LogP contribution in [-0.2, 0) is 6.54 Å². The highest BCUT2D eigenvalue weighted by molar-refractivity contribution is 6.31. The van der Waals surface area contributed by atoms with E-state index in [1.54, 1.807) is 10.7 Å². The van der Waals surface area contributed by atoms with Crippen molar-refractivity contribution in [3.05, 3.63) is 113 Å². The minimum atomic E-state index is -0.411. The third-order valence-electron chi connectivity index (χ3n) is 5.50. The van der Waals surface area contributed by atoms with Gasteiger partial charge in [0.2, 0.25) is 5.95 Å². The van der Waals surface area contributed by atoms with Crippen molar-refractivity contribution in [1.82, 2.24) is 24.5 Å². The number of hydrogen-bond donors (Lipinski definition) is 1. The van der Waals surface area contributed by atoms with Gasteiger partial charge in [0.15, 0.2) is 0 Å². The van der Waals surface area contributed by atoms with Gasteiger partial charge in [-0.05, 0) is 36.8 Å². The molecule has 0 saturated heterocycles. The van der Waals surface area contributed by atoms with Gasteiger partial charge >= 0.3 is 0 Å². The fourth-order valence-corrected chi connectivity index (χ4v) is 4.04. The Labute approximate surface area is 205 Å². The third kappa shape index (κ3) is 4.69. The summed E-state index contributed by atoms with van der Waals surface area (Å²) in [6, 6.07) is 23.3. The summed E-state index contributed by atoms with van der Waals surface area (Å²) in [5.41, 5.74) is 4.02. The Balaban J connectivity index is 1.45. The third-order valence-corrected chi connectivity index (χ3v) is 5.85. The van der Waals surface area contributed by atoms with Crippen molar-refractivity contribution in [2.45, 2.75) is 13.5 Å². The van der Waals surface area contributed by atoms with Crippen LogP contribution in [0.15, 0.2) is 85.2 Å². The monoisotopic (exact) mass is 486 g/mol. The zero-order valence-electron chi connectivity index (χ0n) is 18.7. The lowest BCUT2D eigenvalue weighted by Crippen LogP contribution is -2.15. The molecule has 7 nitrogen and oxygen atoms in total. The van der Waals surface area contributed by atoms with Crippen LogP contribution < -0.4 is 5.32 Å². The van der Waals surface area contributed by atoms with Crippen molar-refractivity contribution in [3.8, 4) is 16.9 Å². The highest BCUT2D eigenvalue weighted by atomic mass is 35.5. The van der Waals surface area contributed by atoms with Gasteiger partial charge in [-0.25, -0.2) is 18.7 Å². The van der Waals surface area contributed by atoms with Gasteiger partial charge in [-0.15, -0.1) is 5.10 Å². The van der Waals surface area contributed by atoms with E-state index in [0.717, 1.165) is 11.3 Å². The smallest absolute Gasteiger partial charge is 0.262 e. The van der Waals surface area contributed by atoms with Crippen LogP contribution in [0.3, 0.4) is 0 Å². The van der Waals surface area contributed by atoms with Crippen LogP contribution in [0.5, 0.6) is 0 Å². The summed E-state index contributed by atoms with van der Waals surface area (Å²) in [5.74, 6) is -0.647. The van der Waals surface area contributed by atoms with E-state index < -0.39 is 5.82 Å². The van der Waals surface area contributed by atoms with E-state index in [-0.39, 0.29) is 18.4 Å². The normalized spacial score (nSPS) is 10.9. The molecule has 2 aromatic heterocycles. The molecule has 0 unspecified atom stereocenters. The first-order valence-electron chi connectivity index (χ1n) is 10.8. The Morgan fingerprint density at radius 1 is 1.00 bits per heavy atom. The molecule has 3 aromatic carbocycles. The van der Waals surface area contributed by atoms with E-state index in [2.05, 4.69) is 15.4 Å². The highest BCUT2D eigenvalue weighted by Crippen LogP contribution is 2.28. The van der Waals surface area contributed by atoms with E-state index >= 15 is 0 Å². The van der Waals surface area contributed by atoms with Crippen molar-refractivity contribution in [2.75, 3.05) is 5.32 Å². The van der Waals surface area contributed by atoms with Crippen LogP contribution in [0, 0.1) is 12.7 Å². The number of hydrogen-bond acceptors (Lipinski definition) is 4. The van der Waals surface area contributed by atoms with E-state index in [1.165, 1.54) is 23.1 Å². The first-order chi connectivity index (χ1) is 17.0. The number of amides is 1. The number of carbonyl (C=O) groups is 1. The first kappa shape index (κ1) is 22.5. The number of halogens is 2. The lowest BCUT2D eigenvalue weighted by Gasteiger charge is -2.06. The second-order valence-electron chi connectivity index (χ2n) is 7.88. The fourth-order valence-electron chi connectivity index (χ4n) is 3.81. The maximum absolute atomic E-state index is 13.4. The van der Waals surface area contributed by atoms with Gasteiger partial charge in [-0.1, -0.05) is 66.2 Å². The molecule has 0 saturated carbocycles.